The first-order valence-electron chi connectivity index (χ1n) is 8.97. The number of hydrogen-bond acceptors (Lipinski definition) is 1. The molecule has 1 aliphatic rings. The van der Waals surface area contributed by atoms with Crippen LogP contribution in [0.3, 0.4) is 0 Å². The van der Waals surface area contributed by atoms with Crippen molar-refractivity contribution >= 4 is 17.5 Å². The Morgan fingerprint density at radius 2 is 1.40 bits per heavy atom. The number of fused-ring (bicyclic) bond motifs is 1. The van der Waals surface area contributed by atoms with Gasteiger partial charge in [-0.15, -0.1) is 0 Å². The minimum Gasteiger partial charge on any atom is -0.327 e. The molecule has 2 nitrogen and oxygen atoms in total. The van der Waals surface area contributed by atoms with Crippen molar-refractivity contribution in [2.75, 3.05) is 6.54 Å². The molecule has 8 heteroatoms. The smallest absolute Gasteiger partial charge is 0.260 e. The molecule has 0 spiro atoms. The highest BCUT2D eigenvalue weighted by Gasteiger charge is 2.37. The number of carbonyl (C=O) groups is 1. The van der Waals surface area contributed by atoms with Gasteiger partial charge in [0.15, 0.2) is 23.3 Å². The van der Waals surface area contributed by atoms with Gasteiger partial charge in [0.2, 0.25) is 5.82 Å². The summed E-state index contributed by atoms with van der Waals surface area (Å²) in [4.78, 5) is 14.2. The first-order chi connectivity index (χ1) is 14.3. The Morgan fingerprint density at radius 3 is 2.03 bits per heavy atom. The van der Waals surface area contributed by atoms with E-state index in [4.69, 9.17) is 11.6 Å². The van der Waals surface area contributed by atoms with Crippen LogP contribution >= 0.6 is 11.6 Å². The Labute approximate surface area is 173 Å². The van der Waals surface area contributed by atoms with E-state index in [9.17, 15) is 26.7 Å². The Morgan fingerprint density at radius 1 is 0.833 bits per heavy atom. The SMILES string of the molecule is O=C(c1c(F)c(F)c(F)c(F)c1F)N1CCc2ccccc2[C@H]1c1ccc(Cl)cc1. The summed E-state index contributed by atoms with van der Waals surface area (Å²) >= 11 is 5.94. The second kappa shape index (κ2) is 7.72. The summed E-state index contributed by atoms with van der Waals surface area (Å²) in [6.45, 7) is 0.0304. The molecule has 0 radical (unpaired) electrons. The van der Waals surface area contributed by atoms with Gasteiger partial charge in [-0.25, -0.2) is 22.0 Å². The number of nitrogens with zero attached hydrogens (tertiary/aromatic N) is 1. The second-order valence-electron chi connectivity index (χ2n) is 6.85. The lowest BCUT2D eigenvalue weighted by Gasteiger charge is -2.38. The minimum absolute atomic E-state index is 0.0304. The van der Waals surface area contributed by atoms with E-state index >= 15 is 0 Å². The molecular weight excluding hydrogens is 425 g/mol. The molecule has 4 rings (SSSR count). The number of rotatable bonds is 2. The van der Waals surface area contributed by atoms with E-state index in [2.05, 4.69) is 0 Å². The maximum absolute atomic E-state index is 14.3. The Kier molecular flexibility index (Phi) is 5.24. The van der Waals surface area contributed by atoms with Crippen LogP contribution in [0.4, 0.5) is 22.0 Å². The fourth-order valence-electron chi connectivity index (χ4n) is 3.73. The van der Waals surface area contributed by atoms with E-state index in [1.165, 1.54) is 0 Å². The molecule has 0 N–H and O–H groups in total. The average molecular weight is 438 g/mol. The Balaban J connectivity index is 1.87. The zero-order chi connectivity index (χ0) is 21.6. The van der Waals surface area contributed by atoms with Gasteiger partial charge in [0, 0.05) is 11.6 Å². The molecule has 3 aromatic rings. The fraction of sp³-hybridized carbons (Fsp3) is 0.136. The van der Waals surface area contributed by atoms with Crippen LogP contribution in [-0.2, 0) is 6.42 Å². The quantitative estimate of drug-likeness (QED) is 0.281. The van der Waals surface area contributed by atoms with Crippen LogP contribution in [0.25, 0.3) is 0 Å². The van der Waals surface area contributed by atoms with Gasteiger partial charge in [-0.3, -0.25) is 4.79 Å². The largest absolute Gasteiger partial charge is 0.327 e. The van der Waals surface area contributed by atoms with Crippen molar-refractivity contribution in [2.24, 2.45) is 0 Å². The van der Waals surface area contributed by atoms with E-state index in [-0.39, 0.29) is 6.54 Å². The van der Waals surface area contributed by atoms with E-state index in [0.29, 0.717) is 22.6 Å². The molecule has 30 heavy (non-hydrogen) atoms. The van der Waals surface area contributed by atoms with Crippen molar-refractivity contribution in [1.82, 2.24) is 4.90 Å². The van der Waals surface area contributed by atoms with Gasteiger partial charge in [0.1, 0.15) is 5.56 Å². The molecule has 1 aliphatic heterocycles. The molecule has 0 bridgehead atoms. The van der Waals surface area contributed by atoms with Crippen LogP contribution in [0, 0.1) is 29.1 Å². The van der Waals surface area contributed by atoms with Crippen LogP contribution in [-0.4, -0.2) is 17.4 Å². The van der Waals surface area contributed by atoms with Gasteiger partial charge in [0.25, 0.3) is 5.91 Å². The Bertz CT molecular complexity index is 1120. The molecule has 0 saturated carbocycles. The van der Waals surface area contributed by atoms with Crippen LogP contribution < -0.4 is 0 Å². The standard InChI is InChI=1S/C22H13ClF5NO/c23-13-7-5-12(6-8-13)21-14-4-2-1-3-11(14)9-10-29(21)22(30)15-16(24)18(26)20(28)19(27)17(15)25/h1-8,21H,9-10H2/t21-/m1/s1. The van der Waals surface area contributed by atoms with Gasteiger partial charge in [-0.1, -0.05) is 48.0 Å². The summed E-state index contributed by atoms with van der Waals surface area (Å²) in [6.07, 6.45) is 0.363. The fourth-order valence-corrected chi connectivity index (χ4v) is 3.85. The lowest BCUT2D eigenvalue weighted by Crippen LogP contribution is -2.41. The predicted octanol–water partition coefficient (Wildman–Crippen LogP) is 5.82. The van der Waals surface area contributed by atoms with Crippen molar-refractivity contribution in [2.45, 2.75) is 12.5 Å². The van der Waals surface area contributed by atoms with Crippen LogP contribution in [0.2, 0.25) is 5.02 Å². The number of carbonyl (C=O) groups excluding carboxylic acids is 1. The third kappa shape index (κ3) is 3.23. The van der Waals surface area contributed by atoms with E-state index in [0.717, 1.165) is 10.5 Å². The molecule has 0 aliphatic carbocycles. The zero-order valence-corrected chi connectivity index (χ0v) is 16.0. The maximum atomic E-state index is 14.3. The van der Waals surface area contributed by atoms with Crippen molar-refractivity contribution in [3.8, 4) is 0 Å². The zero-order valence-electron chi connectivity index (χ0n) is 15.2. The monoisotopic (exact) mass is 437 g/mol. The third-order valence-electron chi connectivity index (χ3n) is 5.15. The molecule has 1 atom stereocenters. The minimum atomic E-state index is -2.31. The van der Waals surface area contributed by atoms with Gasteiger partial charge >= 0.3 is 0 Å². The molecule has 1 heterocycles. The molecule has 154 valence electrons. The highest BCUT2D eigenvalue weighted by Crippen LogP contribution is 2.37. The van der Waals surface area contributed by atoms with Gasteiger partial charge in [-0.05, 0) is 35.2 Å². The Hall–Kier alpha value is -2.93. The normalized spacial score (nSPS) is 15.8. The summed E-state index contributed by atoms with van der Waals surface area (Å²) in [6, 6.07) is 12.9. The van der Waals surface area contributed by atoms with E-state index in [1.807, 2.05) is 12.1 Å². The third-order valence-corrected chi connectivity index (χ3v) is 5.41. The average Bonchev–Trinajstić information content (AvgIpc) is 2.76. The molecule has 1 amide bonds. The molecule has 0 fully saturated rings. The van der Waals surface area contributed by atoms with Crippen molar-refractivity contribution in [3.63, 3.8) is 0 Å². The summed E-state index contributed by atoms with van der Waals surface area (Å²) in [5.74, 6) is -12.2. The summed E-state index contributed by atoms with van der Waals surface area (Å²) in [5, 5.41) is 0.445. The molecule has 0 aromatic heterocycles. The number of hydrogen-bond donors (Lipinski definition) is 0. The first kappa shape index (κ1) is 20.3. The summed E-state index contributed by atoms with van der Waals surface area (Å²) < 4.78 is 69.4. The predicted molar refractivity (Wildman–Crippen MR) is 101 cm³/mol. The number of halogens is 6. The summed E-state index contributed by atoms with van der Waals surface area (Å²) in [7, 11) is 0. The molecule has 0 unspecified atom stereocenters. The maximum Gasteiger partial charge on any atom is 0.260 e. The molecule has 3 aromatic carbocycles. The van der Waals surface area contributed by atoms with Crippen molar-refractivity contribution < 1.29 is 26.7 Å². The van der Waals surface area contributed by atoms with E-state index in [1.54, 1.807) is 36.4 Å². The second-order valence-corrected chi connectivity index (χ2v) is 7.28. The van der Waals surface area contributed by atoms with Crippen molar-refractivity contribution in [1.29, 1.82) is 0 Å². The molecular formula is C22H13ClF5NO. The number of amides is 1. The number of benzene rings is 3. The van der Waals surface area contributed by atoms with Crippen molar-refractivity contribution in [3.05, 3.63) is 105 Å². The van der Waals surface area contributed by atoms with Gasteiger partial charge in [0.05, 0.1) is 6.04 Å². The molecule has 0 saturated heterocycles. The van der Waals surface area contributed by atoms with E-state index < -0.39 is 46.6 Å². The lowest BCUT2D eigenvalue weighted by atomic mass is 9.87. The van der Waals surface area contributed by atoms with Gasteiger partial charge < -0.3 is 4.90 Å². The van der Waals surface area contributed by atoms with Crippen LogP contribution in [0.15, 0.2) is 48.5 Å². The van der Waals surface area contributed by atoms with Crippen LogP contribution in [0.1, 0.15) is 33.1 Å². The van der Waals surface area contributed by atoms with Crippen LogP contribution in [0.5, 0.6) is 0 Å². The first-order valence-corrected chi connectivity index (χ1v) is 9.34. The highest BCUT2D eigenvalue weighted by molar-refractivity contribution is 6.30. The summed E-state index contributed by atoms with van der Waals surface area (Å²) in [5.41, 5.74) is 0.732. The topological polar surface area (TPSA) is 20.3 Å². The van der Waals surface area contributed by atoms with Gasteiger partial charge in [-0.2, -0.15) is 0 Å². The lowest BCUT2D eigenvalue weighted by molar-refractivity contribution is 0.0681. The highest BCUT2D eigenvalue weighted by atomic mass is 35.5.